The van der Waals surface area contributed by atoms with E-state index in [0.29, 0.717) is 5.39 Å². The molecule has 0 bridgehead atoms. The number of phosphoric acid groups is 3. The van der Waals surface area contributed by atoms with Gasteiger partial charge in [-0.15, -0.1) is 0 Å². The summed E-state index contributed by atoms with van der Waals surface area (Å²) in [5, 5.41) is 21.3. The van der Waals surface area contributed by atoms with E-state index in [9.17, 15) is 33.7 Å². The van der Waals surface area contributed by atoms with Gasteiger partial charge in [0, 0.05) is 12.1 Å². The lowest BCUT2D eigenvalue weighted by molar-refractivity contribution is -0.0890. The van der Waals surface area contributed by atoms with Crippen LogP contribution in [-0.4, -0.2) is 69.2 Å². The number of rotatable bonds is 9. The number of nitrogens with two attached hydrogens (primary N) is 1. The average molecular weight is 534 g/mol. The fraction of sp³-hybridized carbons (Fsp3) is 0.538. The molecule has 2 aromatic heterocycles. The van der Waals surface area contributed by atoms with Crippen molar-refractivity contribution in [3.63, 3.8) is 0 Å². The first-order valence-electron chi connectivity index (χ1n) is 8.90. The van der Waals surface area contributed by atoms with E-state index in [1.54, 1.807) is 6.07 Å². The van der Waals surface area contributed by atoms with E-state index in [0.717, 1.165) is 0 Å². The Balaban J connectivity index is 1.79. The van der Waals surface area contributed by atoms with E-state index in [1.165, 1.54) is 24.0 Å². The smallest absolute Gasteiger partial charge is 0.396 e. The van der Waals surface area contributed by atoms with E-state index < -0.39 is 60.5 Å². The molecule has 33 heavy (non-hydrogen) atoms. The Morgan fingerprint density at radius 3 is 2.45 bits per heavy atom. The zero-order chi connectivity index (χ0) is 24.8. The number of hydrogen-bond donors (Lipinski definition) is 7. The predicted octanol–water partition coefficient (Wildman–Crippen LogP) is -0.386. The minimum absolute atomic E-state index is 0.166. The van der Waals surface area contributed by atoms with Crippen LogP contribution in [0.3, 0.4) is 0 Å². The normalized spacial score (nSPS) is 29.7. The van der Waals surface area contributed by atoms with Crippen LogP contribution in [-0.2, 0) is 31.6 Å². The largest absolute Gasteiger partial charge is 0.490 e. The number of nitrogen functional groups attached to an aromatic ring is 1. The number of aliphatic hydroxyl groups excluding tert-OH is 1. The SMILES string of the molecule is CC1(O)C(CO)[C@@H](COP(=O)(O)OP(=O)(O)OP(=O)(O)O)O[C@H]1n1ccc2c(N)ncnc21. The fourth-order valence-corrected chi connectivity index (χ4v) is 6.44. The molecule has 17 nitrogen and oxygen atoms in total. The van der Waals surface area contributed by atoms with E-state index >= 15 is 0 Å². The Hall–Kier alpha value is -1.29. The van der Waals surface area contributed by atoms with Crippen LogP contribution in [0.5, 0.6) is 0 Å². The van der Waals surface area contributed by atoms with Crippen molar-refractivity contribution < 1.29 is 61.4 Å². The lowest BCUT2D eigenvalue weighted by Crippen LogP contribution is -2.42. The molecule has 20 heteroatoms. The lowest BCUT2D eigenvalue weighted by atomic mass is 9.87. The zero-order valence-corrected chi connectivity index (χ0v) is 19.4. The second-order valence-corrected chi connectivity index (χ2v) is 11.6. The van der Waals surface area contributed by atoms with Gasteiger partial charge in [-0.05, 0) is 13.0 Å². The maximum atomic E-state index is 12.0. The van der Waals surface area contributed by atoms with Gasteiger partial charge in [-0.1, -0.05) is 0 Å². The van der Waals surface area contributed by atoms with Crippen molar-refractivity contribution in [2.24, 2.45) is 5.92 Å². The third kappa shape index (κ3) is 5.86. The number of phosphoric ester groups is 1. The summed E-state index contributed by atoms with van der Waals surface area (Å²) < 4.78 is 53.1. The molecule has 2 aromatic rings. The van der Waals surface area contributed by atoms with Crippen molar-refractivity contribution in [2.75, 3.05) is 18.9 Å². The van der Waals surface area contributed by atoms with Crippen LogP contribution in [0.15, 0.2) is 18.6 Å². The van der Waals surface area contributed by atoms with Crippen LogP contribution >= 0.6 is 23.5 Å². The highest BCUT2D eigenvalue weighted by molar-refractivity contribution is 7.66. The van der Waals surface area contributed by atoms with Crippen LogP contribution in [0.2, 0.25) is 0 Å². The molecule has 1 saturated heterocycles. The van der Waals surface area contributed by atoms with Crippen LogP contribution < -0.4 is 5.73 Å². The number of ether oxygens (including phenoxy) is 1. The predicted molar refractivity (Wildman–Crippen MR) is 107 cm³/mol. The Kier molecular flexibility index (Phi) is 7.22. The average Bonchev–Trinajstić information content (AvgIpc) is 3.15. The van der Waals surface area contributed by atoms with Gasteiger partial charge in [0.25, 0.3) is 0 Å². The highest BCUT2D eigenvalue weighted by Crippen LogP contribution is 2.66. The highest BCUT2D eigenvalue weighted by atomic mass is 31.3. The Bertz CT molecular complexity index is 1170. The minimum atomic E-state index is -5.70. The molecule has 0 aromatic carbocycles. The van der Waals surface area contributed by atoms with Crippen LogP contribution in [0.4, 0.5) is 5.82 Å². The van der Waals surface area contributed by atoms with Gasteiger partial charge in [-0.3, -0.25) is 4.52 Å². The molecule has 186 valence electrons. The molecule has 0 radical (unpaired) electrons. The van der Waals surface area contributed by atoms with Crippen molar-refractivity contribution in [1.82, 2.24) is 14.5 Å². The maximum absolute atomic E-state index is 12.0. The third-order valence-corrected chi connectivity index (χ3v) is 8.61. The van der Waals surface area contributed by atoms with Crippen molar-refractivity contribution >= 4 is 40.3 Å². The van der Waals surface area contributed by atoms with Crippen LogP contribution in [0.25, 0.3) is 11.0 Å². The third-order valence-electron chi connectivity index (χ3n) is 4.81. The van der Waals surface area contributed by atoms with Gasteiger partial charge in [-0.2, -0.15) is 8.62 Å². The maximum Gasteiger partial charge on any atom is 0.490 e. The molecule has 0 aliphatic carbocycles. The molecule has 1 aliphatic heterocycles. The molecule has 3 rings (SSSR count). The zero-order valence-electron chi connectivity index (χ0n) is 16.7. The van der Waals surface area contributed by atoms with Gasteiger partial charge in [0.05, 0.1) is 24.7 Å². The summed E-state index contributed by atoms with van der Waals surface area (Å²) in [6.45, 7) is -0.179. The van der Waals surface area contributed by atoms with Crippen molar-refractivity contribution in [3.05, 3.63) is 18.6 Å². The number of anilines is 1. The van der Waals surface area contributed by atoms with Crippen LogP contribution in [0.1, 0.15) is 13.2 Å². The Morgan fingerprint density at radius 2 is 1.85 bits per heavy atom. The molecule has 1 fully saturated rings. The quantitative estimate of drug-likeness (QED) is 0.202. The molecule has 1 aliphatic rings. The fourth-order valence-electron chi connectivity index (χ4n) is 3.41. The van der Waals surface area contributed by atoms with Gasteiger partial charge in [0.15, 0.2) is 6.23 Å². The van der Waals surface area contributed by atoms with E-state index in [1.807, 2.05) is 0 Å². The standard InChI is InChI=1S/C13H21N4O13P3/c1-13(19)8(4-18)9(5-27-32(23,24)30-33(25,26)29-31(20,21)22)28-12(13)17-3-2-7-10(14)15-6-16-11(7)17/h2-3,6,8-9,12,18-19H,4-5H2,1H3,(H,23,24)(H,25,26)(H2,14,15,16)(H2,20,21,22)/t8?,9-,12-,13?/m1/s1. The number of nitrogens with zero attached hydrogens (tertiary/aromatic N) is 3. The van der Waals surface area contributed by atoms with Gasteiger partial charge in [-0.25, -0.2) is 23.7 Å². The van der Waals surface area contributed by atoms with E-state index in [-0.39, 0.29) is 11.5 Å². The highest BCUT2D eigenvalue weighted by Gasteiger charge is 2.54. The molecule has 0 saturated carbocycles. The molecular weight excluding hydrogens is 513 g/mol. The topological polar surface area (TPSA) is 266 Å². The van der Waals surface area contributed by atoms with E-state index in [4.69, 9.17) is 20.3 Å². The summed E-state index contributed by atoms with van der Waals surface area (Å²) in [6.07, 6.45) is 0.245. The van der Waals surface area contributed by atoms with E-state index in [2.05, 4.69) is 23.1 Å². The summed E-state index contributed by atoms with van der Waals surface area (Å²) in [6, 6.07) is 1.57. The summed E-state index contributed by atoms with van der Waals surface area (Å²) in [7, 11) is -16.7. The van der Waals surface area contributed by atoms with Crippen molar-refractivity contribution in [3.8, 4) is 0 Å². The monoisotopic (exact) mass is 534 g/mol. The Labute approximate surface area is 185 Å². The first kappa shape index (κ1) is 26.3. The number of fused-ring (bicyclic) bond motifs is 1. The first-order valence-corrected chi connectivity index (χ1v) is 13.4. The molecule has 0 spiro atoms. The molecule has 3 heterocycles. The van der Waals surface area contributed by atoms with Gasteiger partial charge in [0.2, 0.25) is 0 Å². The van der Waals surface area contributed by atoms with Gasteiger partial charge in [0.1, 0.15) is 23.4 Å². The molecule has 4 unspecified atom stereocenters. The van der Waals surface area contributed by atoms with Crippen molar-refractivity contribution in [2.45, 2.75) is 24.9 Å². The van der Waals surface area contributed by atoms with Crippen LogP contribution in [0, 0.1) is 5.92 Å². The number of aliphatic hydroxyl groups is 2. The first-order chi connectivity index (χ1) is 15.1. The van der Waals surface area contributed by atoms with Gasteiger partial charge >= 0.3 is 23.5 Å². The molecular formula is C13H21N4O13P3. The molecule has 0 amide bonds. The summed E-state index contributed by atoms with van der Waals surface area (Å²) in [4.78, 5) is 43.9. The molecule has 6 atom stereocenters. The number of aromatic nitrogens is 3. The second-order valence-electron chi connectivity index (χ2n) is 7.15. The number of hydrogen-bond acceptors (Lipinski definition) is 12. The molecule has 8 N–H and O–H groups in total. The minimum Gasteiger partial charge on any atom is -0.396 e. The Morgan fingerprint density at radius 1 is 1.18 bits per heavy atom. The summed E-state index contributed by atoms with van der Waals surface area (Å²) in [5.74, 6) is -0.925. The second kappa shape index (κ2) is 9.06. The van der Waals surface area contributed by atoms with Gasteiger partial charge < -0.3 is 44.8 Å². The summed E-state index contributed by atoms with van der Waals surface area (Å²) >= 11 is 0. The summed E-state index contributed by atoms with van der Waals surface area (Å²) in [5.41, 5.74) is 4.31. The lowest BCUT2D eigenvalue weighted by Gasteiger charge is -2.29. The van der Waals surface area contributed by atoms with Crippen molar-refractivity contribution in [1.29, 1.82) is 0 Å².